The lowest BCUT2D eigenvalue weighted by Gasteiger charge is -2.24. The Bertz CT molecular complexity index is 381. The quantitative estimate of drug-likeness (QED) is 0.857. The Morgan fingerprint density at radius 1 is 1.44 bits per heavy atom. The number of rotatable bonds is 6. The van der Waals surface area contributed by atoms with Crippen molar-refractivity contribution in [2.45, 2.75) is 38.9 Å². The Balaban J connectivity index is 1.97. The molecule has 3 nitrogen and oxygen atoms in total. The number of hydrogen-bond acceptors (Lipinski definition) is 4. The normalized spacial score (nSPS) is 18.7. The summed E-state index contributed by atoms with van der Waals surface area (Å²) in [6, 6.07) is 0. The third-order valence-electron chi connectivity index (χ3n) is 3.42. The number of fused-ring (bicyclic) bond motifs is 1. The lowest BCUT2D eigenvalue weighted by molar-refractivity contribution is 0.424. The van der Waals surface area contributed by atoms with Crippen LogP contribution >= 0.6 is 11.8 Å². The Labute approximate surface area is 114 Å². The maximum Gasteiger partial charge on any atom is 0.138 e. The van der Waals surface area contributed by atoms with Crippen molar-refractivity contribution in [2.75, 3.05) is 18.8 Å². The number of aromatic nitrogens is 2. The molecule has 1 aliphatic carbocycles. The summed E-state index contributed by atoms with van der Waals surface area (Å²) in [5, 5.41) is 3.44. The van der Waals surface area contributed by atoms with Crippen molar-refractivity contribution in [3.05, 3.63) is 23.3 Å². The third kappa shape index (κ3) is 3.69. The predicted molar refractivity (Wildman–Crippen MR) is 77.9 cm³/mol. The van der Waals surface area contributed by atoms with Gasteiger partial charge in [-0.3, -0.25) is 0 Å². The fraction of sp³-hybridized carbons (Fsp3) is 0.714. The molecule has 1 atom stereocenters. The average molecular weight is 265 g/mol. The first-order chi connectivity index (χ1) is 8.83. The first kappa shape index (κ1) is 13.8. The maximum absolute atomic E-state index is 4.71. The predicted octanol–water partition coefficient (Wildman–Crippen LogP) is 2.44. The minimum atomic E-state index is 0.761. The summed E-state index contributed by atoms with van der Waals surface area (Å²) >= 11 is 1.89. The number of nitrogens with zero attached hydrogens (tertiary/aromatic N) is 2. The number of nitrogens with one attached hydrogen (secondary N) is 1. The summed E-state index contributed by atoms with van der Waals surface area (Å²) in [5.74, 6) is 3.85. The minimum absolute atomic E-state index is 0.761. The summed E-state index contributed by atoms with van der Waals surface area (Å²) in [7, 11) is 0. The average Bonchev–Trinajstić information content (AvgIpc) is 2.42. The second-order valence-electron chi connectivity index (χ2n) is 4.81. The Morgan fingerprint density at radius 2 is 2.33 bits per heavy atom. The smallest absolute Gasteiger partial charge is 0.138 e. The van der Waals surface area contributed by atoms with Crippen molar-refractivity contribution in [2.24, 2.45) is 5.92 Å². The number of aryl methyl sites for hydroxylation is 1. The van der Waals surface area contributed by atoms with Gasteiger partial charge in [0, 0.05) is 11.9 Å². The van der Waals surface area contributed by atoms with Gasteiger partial charge in [-0.1, -0.05) is 13.8 Å². The van der Waals surface area contributed by atoms with Gasteiger partial charge < -0.3 is 5.32 Å². The zero-order valence-electron chi connectivity index (χ0n) is 11.4. The van der Waals surface area contributed by atoms with Crippen LogP contribution in [0.5, 0.6) is 0 Å². The van der Waals surface area contributed by atoms with Gasteiger partial charge in [-0.2, -0.15) is 11.8 Å². The largest absolute Gasteiger partial charge is 0.317 e. The fourth-order valence-electron chi connectivity index (χ4n) is 2.41. The van der Waals surface area contributed by atoms with Crippen LogP contribution < -0.4 is 5.32 Å². The molecule has 4 heteroatoms. The molecular formula is C14H23N3S. The summed E-state index contributed by atoms with van der Waals surface area (Å²) < 4.78 is 0. The zero-order chi connectivity index (χ0) is 12.8. The molecule has 18 heavy (non-hydrogen) atoms. The van der Waals surface area contributed by atoms with Crippen molar-refractivity contribution >= 4 is 11.8 Å². The van der Waals surface area contributed by atoms with Crippen molar-refractivity contribution in [1.82, 2.24) is 15.3 Å². The summed E-state index contributed by atoms with van der Waals surface area (Å²) in [5.41, 5.74) is 2.67. The Hall–Kier alpha value is -0.610. The molecule has 0 aromatic carbocycles. The van der Waals surface area contributed by atoms with Crippen LogP contribution in [0.2, 0.25) is 0 Å². The van der Waals surface area contributed by atoms with Crippen LogP contribution in [0.3, 0.4) is 0 Å². The second-order valence-corrected chi connectivity index (χ2v) is 6.09. The first-order valence-corrected chi connectivity index (χ1v) is 8.11. The second kappa shape index (κ2) is 7.10. The maximum atomic E-state index is 4.71. The van der Waals surface area contributed by atoms with Gasteiger partial charge in [-0.15, -0.1) is 0 Å². The van der Waals surface area contributed by atoms with Crippen LogP contribution in [0, 0.1) is 5.92 Å². The minimum Gasteiger partial charge on any atom is -0.317 e. The molecule has 1 N–H and O–H groups in total. The zero-order valence-corrected chi connectivity index (χ0v) is 12.2. The highest BCUT2D eigenvalue weighted by molar-refractivity contribution is 7.98. The molecule has 1 aromatic heterocycles. The van der Waals surface area contributed by atoms with Crippen molar-refractivity contribution in [3.8, 4) is 0 Å². The molecule has 100 valence electrons. The Kier molecular flexibility index (Phi) is 5.45. The van der Waals surface area contributed by atoms with E-state index in [-0.39, 0.29) is 0 Å². The SMILES string of the molecule is CCNCC1CCc2nc(CSCC)ncc2C1. The van der Waals surface area contributed by atoms with E-state index in [0.29, 0.717) is 0 Å². The van der Waals surface area contributed by atoms with Crippen molar-refractivity contribution in [3.63, 3.8) is 0 Å². The van der Waals surface area contributed by atoms with E-state index in [2.05, 4.69) is 30.3 Å². The molecule has 0 saturated heterocycles. The molecule has 0 amide bonds. The van der Waals surface area contributed by atoms with E-state index in [1.54, 1.807) is 0 Å². The van der Waals surface area contributed by atoms with E-state index < -0.39 is 0 Å². The molecule has 1 heterocycles. The molecule has 0 spiro atoms. The van der Waals surface area contributed by atoms with Gasteiger partial charge in [0.15, 0.2) is 0 Å². The summed E-state index contributed by atoms with van der Waals surface area (Å²) in [6.45, 7) is 6.53. The highest BCUT2D eigenvalue weighted by Gasteiger charge is 2.19. The van der Waals surface area contributed by atoms with E-state index in [4.69, 9.17) is 4.98 Å². The van der Waals surface area contributed by atoms with Gasteiger partial charge in [0.1, 0.15) is 5.82 Å². The van der Waals surface area contributed by atoms with Crippen LogP contribution in [0.4, 0.5) is 0 Å². The van der Waals surface area contributed by atoms with Crippen molar-refractivity contribution in [1.29, 1.82) is 0 Å². The molecule has 0 bridgehead atoms. The highest BCUT2D eigenvalue weighted by atomic mass is 32.2. The van der Waals surface area contributed by atoms with Gasteiger partial charge in [0.2, 0.25) is 0 Å². The topological polar surface area (TPSA) is 37.8 Å². The molecule has 0 fully saturated rings. The molecule has 0 saturated carbocycles. The molecule has 2 rings (SSSR count). The standard InChI is InChI=1S/C14H23N3S/c1-3-15-8-11-5-6-13-12(7-11)9-16-14(17-13)10-18-4-2/h9,11,15H,3-8,10H2,1-2H3. The molecular weight excluding hydrogens is 242 g/mol. The number of hydrogen-bond donors (Lipinski definition) is 1. The molecule has 1 aliphatic rings. The highest BCUT2D eigenvalue weighted by Crippen LogP contribution is 2.24. The fourth-order valence-corrected chi connectivity index (χ4v) is 2.94. The summed E-state index contributed by atoms with van der Waals surface area (Å²) in [4.78, 5) is 9.21. The lowest BCUT2D eigenvalue weighted by atomic mass is 9.87. The molecule has 0 radical (unpaired) electrons. The van der Waals surface area contributed by atoms with Gasteiger partial charge in [0.25, 0.3) is 0 Å². The third-order valence-corrected chi connectivity index (χ3v) is 4.29. The van der Waals surface area contributed by atoms with Crippen LogP contribution in [0.25, 0.3) is 0 Å². The van der Waals surface area contributed by atoms with E-state index in [0.717, 1.165) is 49.2 Å². The van der Waals surface area contributed by atoms with E-state index in [9.17, 15) is 0 Å². The first-order valence-electron chi connectivity index (χ1n) is 6.95. The molecule has 1 unspecified atom stereocenters. The van der Waals surface area contributed by atoms with Crippen LogP contribution in [0.1, 0.15) is 37.4 Å². The van der Waals surface area contributed by atoms with Crippen LogP contribution in [0.15, 0.2) is 6.20 Å². The van der Waals surface area contributed by atoms with E-state index >= 15 is 0 Å². The summed E-state index contributed by atoms with van der Waals surface area (Å²) in [6.07, 6.45) is 5.59. The van der Waals surface area contributed by atoms with Crippen LogP contribution in [-0.2, 0) is 18.6 Å². The number of thioether (sulfide) groups is 1. The van der Waals surface area contributed by atoms with Gasteiger partial charge in [0.05, 0.1) is 5.75 Å². The van der Waals surface area contributed by atoms with E-state index in [1.165, 1.54) is 17.7 Å². The van der Waals surface area contributed by atoms with Crippen LogP contribution in [-0.4, -0.2) is 28.8 Å². The van der Waals surface area contributed by atoms with Crippen molar-refractivity contribution < 1.29 is 0 Å². The Morgan fingerprint density at radius 3 is 3.11 bits per heavy atom. The lowest BCUT2D eigenvalue weighted by Crippen LogP contribution is -2.27. The van der Waals surface area contributed by atoms with Gasteiger partial charge in [-0.05, 0) is 49.6 Å². The molecule has 0 aliphatic heterocycles. The molecule has 1 aromatic rings. The van der Waals surface area contributed by atoms with E-state index in [1.807, 2.05) is 11.8 Å². The van der Waals surface area contributed by atoms with Gasteiger partial charge in [-0.25, -0.2) is 9.97 Å². The monoisotopic (exact) mass is 265 g/mol. The van der Waals surface area contributed by atoms with Gasteiger partial charge >= 0.3 is 0 Å².